The van der Waals surface area contributed by atoms with E-state index < -0.39 is 17.5 Å². The average Bonchev–Trinajstić information content (AvgIpc) is 2.66. The molecule has 0 saturated heterocycles. The molecule has 7 heteroatoms. The zero-order valence-electron chi connectivity index (χ0n) is 15.8. The number of nitrogens with one attached hydrogen (secondary N) is 2. The molecule has 2 rings (SSSR count). The molecule has 2 aromatic carbocycles. The Bertz CT molecular complexity index is 797. The Morgan fingerprint density at radius 1 is 1.00 bits per heavy atom. The van der Waals surface area contributed by atoms with Gasteiger partial charge in [0.15, 0.2) is 0 Å². The van der Waals surface area contributed by atoms with E-state index in [1.807, 2.05) is 0 Å². The predicted octanol–water partition coefficient (Wildman–Crippen LogP) is 3.83. The van der Waals surface area contributed by atoms with Crippen molar-refractivity contribution in [2.24, 2.45) is 0 Å². The maximum atomic E-state index is 13.5. The van der Waals surface area contributed by atoms with Crippen LogP contribution in [0.4, 0.5) is 8.78 Å². The first-order valence-electron chi connectivity index (χ1n) is 9.09. The molecule has 0 aliphatic heterocycles. The van der Waals surface area contributed by atoms with Crippen LogP contribution in [0.2, 0.25) is 0 Å². The number of hydrogen-bond acceptors (Lipinski definition) is 3. The van der Waals surface area contributed by atoms with Gasteiger partial charge in [-0.1, -0.05) is 29.8 Å². The summed E-state index contributed by atoms with van der Waals surface area (Å²) in [7, 11) is 0. The Hall–Kier alpha value is -2.41. The van der Waals surface area contributed by atoms with Crippen LogP contribution in [0.5, 0.6) is 0 Å². The monoisotopic (exact) mass is 406 g/mol. The van der Waals surface area contributed by atoms with Crippen molar-refractivity contribution >= 4 is 23.6 Å². The SMILES string of the molecule is Cc1ccc(CSCCNC(=O)CCCNC(=O)c2ccc(F)cc2F)cc1. The molecular formula is C21H24F2N2O2S. The number of halogens is 2. The molecule has 0 fully saturated rings. The quantitative estimate of drug-likeness (QED) is 0.590. The number of thioether (sulfide) groups is 1. The molecule has 150 valence electrons. The fourth-order valence-electron chi connectivity index (χ4n) is 2.45. The van der Waals surface area contributed by atoms with Crippen LogP contribution in [0.15, 0.2) is 42.5 Å². The summed E-state index contributed by atoms with van der Waals surface area (Å²) in [6, 6.07) is 11.2. The summed E-state index contributed by atoms with van der Waals surface area (Å²) in [6.45, 7) is 2.88. The van der Waals surface area contributed by atoms with E-state index in [1.54, 1.807) is 11.8 Å². The molecule has 2 aromatic rings. The van der Waals surface area contributed by atoms with Gasteiger partial charge >= 0.3 is 0 Å². The third-order valence-electron chi connectivity index (χ3n) is 4.00. The second kappa shape index (κ2) is 11.4. The summed E-state index contributed by atoms with van der Waals surface area (Å²) in [6.07, 6.45) is 0.714. The molecule has 0 aromatic heterocycles. The van der Waals surface area contributed by atoms with E-state index in [0.717, 1.165) is 23.6 Å². The van der Waals surface area contributed by atoms with Crippen LogP contribution in [-0.4, -0.2) is 30.7 Å². The Labute approximate surface area is 168 Å². The van der Waals surface area contributed by atoms with Gasteiger partial charge in [-0.15, -0.1) is 0 Å². The second-order valence-corrected chi connectivity index (χ2v) is 7.48. The highest BCUT2D eigenvalue weighted by atomic mass is 32.2. The summed E-state index contributed by atoms with van der Waals surface area (Å²) in [5, 5.41) is 5.37. The zero-order chi connectivity index (χ0) is 20.4. The molecule has 0 saturated carbocycles. The topological polar surface area (TPSA) is 58.2 Å². The van der Waals surface area contributed by atoms with Gasteiger partial charge in [-0.25, -0.2) is 8.78 Å². The van der Waals surface area contributed by atoms with Gasteiger partial charge in [0.25, 0.3) is 5.91 Å². The molecule has 4 nitrogen and oxygen atoms in total. The van der Waals surface area contributed by atoms with E-state index in [0.29, 0.717) is 19.0 Å². The van der Waals surface area contributed by atoms with Crippen LogP contribution in [0.25, 0.3) is 0 Å². The molecule has 2 N–H and O–H groups in total. The first-order valence-corrected chi connectivity index (χ1v) is 10.2. The highest BCUT2D eigenvalue weighted by Crippen LogP contribution is 2.12. The third kappa shape index (κ3) is 7.68. The van der Waals surface area contributed by atoms with Crippen molar-refractivity contribution in [2.45, 2.75) is 25.5 Å². The molecule has 0 aliphatic carbocycles. The number of carbonyl (C=O) groups excluding carboxylic acids is 2. The maximum absolute atomic E-state index is 13.5. The maximum Gasteiger partial charge on any atom is 0.254 e. The van der Waals surface area contributed by atoms with E-state index in [4.69, 9.17) is 0 Å². The summed E-state index contributed by atoms with van der Waals surface area (Å²) in [5.74, 6) is -0.618. The standard InChI is InChI=1S/C21H24F2N2O2S/c1-15-4-6-16(7-5-15)14-28-12-11-24-20(26)3-2-10-25-21(27)18-9-8-17(22)13-19(18)23/h4-9,13H,2-3,10-12,14H2,1H3,(H,24,26)(H,25,27). The van der Waals surface area contributed by atoms with E-state index in [9.17, 15) is 18.4 Å². The van der Waals surface area contributed by atoms with Crippen LogP contribution < -0.4 is 10.6 Å². The van der Waals surface area contributed by atoms with Crippen molar-refractivity contribution in [3.8, 4) is 0 Å². The highest BCUT2D eigenvalue weighted by molar-refractivity contribution is 7.98. The number of benzene rings is 2. The van der Waals surface area contributed by atoms with Gasteiger partial charge in [-0.05, 0) is 31.0 Å². The van der Waals surface area contributed by atoms with E-state index in [1.165, 1.54) is 11.1 Å². The zero-order valence-corrected chi connectivity index (χ0v) is 16.6. The van der Waals surface area contributed by atoms with Gasteiger partial charge in [0.05, 0.1) is 5.56 Å². The molecule has 0 unspecified atom stereocenters. The highest BCUT2D eigenvalue weighted by Gasteiger charge is 2.12. The lowest BCUT2D eigenvalue weighted by atomic mass is 10.2. The van der Waals surface area contributed by atoms with Gasteiger partial charge in [0.2, 0.25) is 5.91 Å². The largest absolute Gasteiger partial charge is 0.355 e. The minimum atomic E-state index is -0.904. The normalized spacial score (nSPS) is 10.5. The summed E-state index contributed by atoms with van der Waals surface area (Å²) < 4.78 is 26.3. The Morgan fingerprint density at radius 3 is 2.46 bits per heavy atom. The van der Waals surface area contributed by atoms with Crippen molar-refractivity contribution < 1.29 is 18.4 Å². The number of carbonyl (C=O) groups is 2. The van der Waals surface area contributed by atoms with Crippen molar-refractivity contribution in [3.63, 3.8) is 0 Å². The summed E-state index contributed by atoms with van der Waals surface area (Å²) in [4.78, 5) is 23.6. The number of aryl methyl sites for hydroxylation is 1. The van der Waals surface area contributed by atoms with Crippen molar-refractivity contribution in [3.05, 3.63) is 70.8 Å². The smallest absolute Gasteiger partial charge is 0.254 e. The molecular weight excluding hydrogens is 382 g/mol. The van der Waals surface area contributed by atoms with Gasteiger partial charge in [-0.3, -0.25) is 9.59 Å². The fraction of sp³-hybridized carbons (Fsp3) is 0.333. The lowest BCUT2D eigenvalue weighted by molar-refractivity contribution is -0.121. The van der Waals surface area contributed by atoms with Crippen LogP contribution in [-0.2, 0) is 10.5 Å². The number of hydrogen-bond donors (Lipinski definition) is 2. The summed E-state index contributed by atoms with van der Waals surface area (Å²) in [5.41, 5.74) is 2.28. The predicted molar refractivity (Wildman–Crippen MR) is 108 cm³/mol. The van der Waals surface area contributed by atoms with Gasteiger partial charge in [0.1, 0.15) is 11.6 Å². The van der Waals surface area contributed by atoms with Gasteiger partial charge in [-0.2, -0.15) is 11.8 Å². The van der Waals surface area contributed by atoms with Crippen molar-refractivity contribution in [1.29, 1.82) is 0 Å². The van der Waals surface area contributed by atoms with Gasteiger partial charge < -0.3 is 10.6 Å². The van der Waals surface area contributed by atoms with Crippen LogP contribution >= 0.6 is 11.8 Å². The van der Waals surface area contributed by atoms with Crippen LogP contribution in [0.3, 0.4) is 0 Å². The van der Waals surface area contributed by atoms with Crippen molar-refractivity contribution in [1.82, 2.24) is 10.6 Å². The molecule has 0 heterocycles. The molecule has 0 bridgehead atoms. The van der Waals surface area contributed by atoms with E-state index in [-0.39, 0.29) is 24.4 Å². The molecule has 0 spiro atoms. The van der Waals surface area contributed by atoms with Crippen LogP contribution in [0, 0.1) is 18.6 Å². The third-order valence-corrected chi connectivity index (χ3v) is 5.03. The van der Waals surface area contributed by atoms with Crippen LogP contribution in [0.1, 0.15) is 34.3 Å². The fourth-order valence-corrected chi connectivity index (χ4v) is 3.26. The summed E-state index contributed by atoms with van der Waals surface area (Å²) >= 11 is 1.75. The first-order chi connectivity index (χ1) is 13.5. The molecule has 0 aliphatic rings. The average molecular weight is 406 g/mol. The molecule has 0 atom stereocenters. The lowest BCUT2D eigenvalue weighted by Gasteiger charge is -2.07. The molecule has 2 amide bonds. The van der Waals surface area contributed by atoms with E-state index >= 15 is 0 Å². The molecule has 28 heavy (non-hydrogen) atoms. The number of rotatable bonds is 10. The number of amides is 2. The lowest BCUT2D eigenvalue weighted by Crippen LogP contribution is -2.29. The second-order valence-electron chi connectivity index (χ2n) is 6.37. The van der Waals surface area contributed by atoms with Gasteiger partial charge in [0, 0.05) is 37.1 Å². The Balaban J connectivity index is 1.53. The first kappa shape index (κ1) is 21.9. The van der Waals surface area contributed by atoms with E-state index in [2.05, 4.69) is 41.8 Å². The minimum absolute atomic E-state index is 0.0850. The molecule has 0 radical (unpaired) electrons. The Kier molecular flexibility index (Phi) is 8.94. The van der Waals surface area contributed by atoms with Crippen molar-refractivity contribution in [2.75, 3.05) is 18.8 Å². The Morgan fingerprint density at radius 2 is 1.75 bits per heavy atom. The minimum Gasteiger partial charge on any atom is -0.355 e.